The number of hydrogen-bond donors (Lipinski definition) is 0. The molecule has 1 aliphatic heterocycles. The molecular formula is C20H24BNO2. The monoisotopic (exact) mass is 321 g/mol. The third kappa shape index (κ3) is 3.39. The van der Waals surface area contributed by atoms with E-state index in [1.165, 1.54) is 11.0 Å². The highest BCUT2D eigenvalue weighted by molar-refractivity contribution is 6.32. The molecule has 24 heavy (non-hydrogen) atoms. The Morgan fingerprint density at radius 1 is 1.21 bits per heavy atom. The van der Waals surface area contributed by atoms with E-state index in [2.05, 4.69) is 55.2 Å². The summed E-state index contributed by atoms with van der Waals surface area (Å²) in [6.45, 7) is 4.78. The first kappa shape index (κ1) is 16.8. The van der Waals surface area contributed by atoms with Crippen molar-refractivity contribution < 1.29 is 9.53 Å². The molecule has 0 radical (unpaired) electrons. The molecule has 1 fully saturated rings. The van der Waals surface area contributed by atoms with Gasteiger partial charge >= 0.3 is 5.97 Å². The lowest BCUT2D eigenvalue weighted by molar-refractivity contribution is -0.149. The Kier molecular flexibility index (Phi) is 5.05. The molecule has 124 valence electrons. The van der Waals surface area contributed by atoms with Crippen molar-refractivity contribution in [2.75, 3.05) is 19.7 Å². The van der Waals surface area contributed by atoms with Gasteiger partial charge in [-0.3, -0.25) is 9.69 Å². The standard InChI is InChI=1S/C20H24BNO2/c1-2-24-19(23)20(17-9-6-10-18(21)13-17)11-12-22(15-20)14-16-7-4-3-5-8-16/h3-10,13H,2,11-12,14-15,21H2,1H3. The predicted molar refractivity (Wildman–Crippen MR) is 99.3 cm³/mol. The van der Waals surface area contributed by atoms with Gasteiger partial charge in [0.15, 0.2) is 0 Å². The molecular weight excluding hydrogens is 297 g/mol. The maximum absolute atomic E-state index is 12.8. The molecule has 0 amide bonds. The van der Waals surface area contributed by atoms with E-state index in [0.29, 0.717) is 13.2 Å². The fourth-order valence-electron chi connectivity index (χ4n) is 3.60. The van der Waals surface area contributed by atoms with Gasteiger partial charge in [0.2, 0.25) is 0 Å². The normalized spacial score (nSPS) is 20.9. The summed E-state index contributed by atoms with van der Waals surface area (Å²) < 4.78 is 5.46. The van der Waals surface area contributed by atoms with Crippen molar-refractivity contribution in [2.45, 2.75) is 25.3 Å². The van der Waals surface area contributed by atoms with Crippen LogP contribution in [-0.4, -0.2) is 38.4 Å². The molecule has 1 aliphatic rings. The summed E-state index contributed by atoms with van der Waals surface area (Å²) in [5.41, 5.74) is 2.99. The smallest absolute Gasteiger partial charge is 0.317 e. The van der Waals surface area contributed by atoms with E-state index in [1.54, 1.807) is 0 Å². The summed E-state index contributed by atoms with van der Waals surface area (Å²) in [5.74, 6) is -0.0915. The largest absolute Gasteiger partial charge is 0.465 e. The minimum absolute atomic E-state index is 0.0915. The quantitative estimate of drug-likeness (QED) is 0.620. The van der Waals surface area contributed by atoms with E-state index in [9.17, 15) is 4.79 Å². The van der Waals surface area contributed by atoms with Crippen LogP contribution in [-0.2, 0) is 21.5 Å². The van der Waals surface area contributed by atoms with Crippen LogP contribution in [0.5, 0.6) is 0 Å². The molecule has 2 aromatic rings. The molecule has 0 saturated carbocycles. The molecule has 3 nitrogen and oxygen atoms in total. The number of benzene rings is 2. The van der Waals surface area contributed by atoms with Crippen molar-refractivity contribution in [1.82, 2.24) is 4.90 Å². The van der Waals surface area contributed by atoms with E-state index < -0.39 is 5.41 Å². The minimum Gasteiger partial charge on any atom is -0.465 e. The molecule has 0 aromatic heterocycles. The number of carbonyl (C=O) groups excluding carboxylic acids is 1. The maximum atomic E-state index is 12.8. The first-order chi connectivity index (χ1) is 11.6. The first-order valence-corrected chi connectivity index (χ1v) is 8.65. The lowest BCUT2D eigenvalue weighted by Crippen LogP contribution is -2.40. The molecule has 0 aliphatic carbocycles. The van der Waals surface area contributed by atoms with Crippen LogP contribution >= 0.6 is 0 Å². The van der Waals surface area contributed by atoms with Gasteiger partial charge < -0.3 is 4.74 Å². The van der Waals surface area contributed by atoms with Gasteiger partial charge in [-0.25, -0.2) is 0 Å². The third-order valence-electron chi connectivity index (χ3n) is 4.83. The molecule has 0 bridgehead atoms. The van der Waals surface area contributed by atoms with Crippen LogP contribution in [0.4, 0.5) is 0 Å². The molecule has 4 heteroatoms. The second-order valence-electron chi connectivity index (χ2n) is 6.62. The SMILES string of the molecule is Bc1cccc(C2(C(=O)OCC)CCN(Cc3ccccc3)C2)c1. The van der Waals surface area contributed by atoms with Crippen molar-refractivity contribution in [3.05, 3.63) is 65.7 Å². The van der Waals surface area contributed by atoms with Crippen LogP contribution in [0.3, 0.4) is 0 Å². The number of likely N-dealkylation sites (tertiary alicyclic amines) is 1. The molecule has 2 aromatic carbocycles. The predicted octanol–water partition coefficient (Wildman–Crippen LogP) is 1.65. The van der Waals surface area contributed by atoms with Gasteiger partial charge in [-0.05, 0) is 24.5 Å². The summed E-state index contributed by atoms with van der Waals surface area (Å²) in [7, 11) is 2.07. The number of nitrogens with zero attached hydrogens (tertiary/aromatic N) is 1. The number of hydrogen-bond acceptors (Lipinski definition) is 3. The number of rotatable bonds is 5. The molecule has 1 atom stereocenters. The Hall–Kier alpha value is -2.07. The molecule has 1 unspecified atom stereocenters. The van der Waals surface area contributed by atoms with Crippen LogP contribution in [0.2, 0.25) is 0 Å². The Labute approximate surface area is 145 Å². The van der Waals surface area contributed by atoms with E-state index in [4.69, 9.17) is 4.74 Å². The zero-order valence-electron chi connectivity index (χ0n) is 14.5. The second kappa shape index (κ2) is 7.22. The second-order valence-corrected chi connectivity index (χ2v) is 6.62. The summed E-state index contributed by atoms with van der Waals surface area (Å²) in [6, 6.07) is 18.7. The fourth-order valence-corrected chi connectivity index (χ4v) is 3.60. The highest BCUT2D eigenvalue weighted by Gasteiger charge is 2.47. The third-order valence-corrected chi connectivity index (χ3v) is 4.83. The summed E-state index contributed by atoms with van der Waals surface area (Å²) in [5, 5.41) is 0. The van der Waals surface area contributed by atoms with E-state index in [-0.39, 0.29) is 5.97 Å². The van der Waals surface area contributed by atoms with Crippen LogP contribution in [0.25, 0.3) is 0 Å². The van der Waals surface area contributed by atoms with Gasteiger partial charge in [0.25, 0.3) is 0 Å². The zero-order valence-corrected chi connectivity index (χ0v) is 14.5. The highest BCUT2D eigenvalue weighted by Crippen LogP contribution is 2.36. The molecule has 0 spiro atoms. The Balaban J connectivity index is 1.86. The average Bonchev–Trinajstić information content (AvgIpc) is 3.01. The molecule has 1 saturated heterocycles. The Bertz CT molecular complexity index is 704. The molecule has 3 rings (SSSR count). The number of esters is 1. The molecule has 1 heterocycles. The van der Waals surface area contributed by atoms with Crippen LogP contribution in [0, 0.1) is 0 Å². The van der Waals surface area contributed by atoms with Gasteiger partial charge in [-0.15, -0.1) is 0 Å². The van der Waals surface area contributed by atoms with Crippen molar-refractivity contribution in [1.29, 1.82) is 0 Å². The van der Waals surface area contributed by atoms with E-state index in [0.717, 1.165) is 25.1 Å². The lowest BCUT2D eigenvalue weighted by Gasteiger charge is -2.28. The van der Waals surface area contributed by atoms with Crippen molar-refractivity contribution in [2.24, 2.45) is 0 Å². The van der Waals surface area contributed by atoms with Crippen LogP contribution in [0.15, 0.2) is 54.6 Å². The van der Waals surface area contributed by atoms with Crippen LogP contribution < -0.4 is 5.46 Å². The Morgan fingerprint density at radius 3 is 2.71 bits per heavy atom. The van der Waals surface area contributed by atoms with Gasteiger partial charge in [-0.1, -0.05) is 60.1 Å². The fraction of sp³-hybridized carbons (Fsp3) is 0.350. The zero-order chi connectivity index (χ0) is 17.0. The molecule has 0 N–H and O–H groups in total. The van der Waals surface area contributed by atoms with E-state index >= 15 is 0 Å². The summed E-state index contributed by atoms with van der Waals surface area (Å²) in [4.78, 5) is 15.2. The number of carbonyl (C=O) groups is 1. The number of ether oxygens (including phenoxy) is 1. The van der Waals surface area contributed by atoms with Gasteiger partial charge in [0.1, 0.15) is 13.3 Å². The summed E-state index contributed by atoms with van der Waals surface area (Å²) in [6.07, 6.45) is 0.808. The van der Waals surface area contributed by atoms with Crippen molar-refractivity contribution >= 4 is 19.3 Å². The van der Waals surface area contributed by atoms with Crippen LogP contribution in [0.1, 0.15) is 24.5 Å². The van der Waals surface area contributed by atoms with Gasteiger partial charge in [0.05, 0.1) is 6.61 Å². The Morgan fingerprint density at radius 2 is 2.00 bits per heavy atom. The van der Waals surface area contributed by atoms with E-state index in [1.807, 2.05) is 19.1 Å². The lowest BCUT2D eigenvalue weighted by atomic mass is 9.77. The van der Waals surface area contributed by atoms with Crippen molar-refractivity contribution in [3.8, 4) is 0 Å². The van der Waals surface area contributed by atoms with Gasteiger partial charge in [-0.2, -0.15) is 0 Å². The summed E-state index contributed by atoms with van der Waals surface area (Å²) >= 11 is 0. The maximum Gasteiger partial charge on any atom is 0.317 e. The van der Waals surface area contributed by atoms with Gasteiger partial charge in [0, 0.05) is 19.6 Å². The topological polar surface area (TPSA) is 29.5 Å². The first-order valence-electron chi connectivity index (χ1n) is 8.65. The highest BCUT2D eigenvalue weighted by atomic mass is 16.5. The van der Waals surface area contributed by atoms with Crippen molar-refractivity contribution in [3.63, 3.8) is 0 Å². The minimum atomic E-state index is -0.545. The average molecular weight is 321 g/mol.